The van der Waals surface area contributed by atoms with E-state index in [1.807, 2.05) is 32.0 Å². The van der Waals surface area contributed by atoms with Gasteiger partial charge in [-0.1, -0.05) is 12.1 Å². The minimum Gasteiger partial charge on any atom is -0.491 e. The second kappa shape index (κ2) is 6.05. The summed E-state index contributed by atoms with van der Waals surface area (Å²) in [5.74, 6) is 0.268. The third kappa shape index (κ3) is 3.36. The molecule has 1 unspecified atom stereocenters. The maximum Gasteiger partial charge on any atom is 0.229 e. The molecule has 0 saturated carbocycles. The molecule has 1 N–H and O–H groups in total. The van der Waals surface area contributed by atoms with E-state index in [1.165, 1.54) is 0 Å². The second-order valence-electron chi connectivity index (χ2n) is 5.13. The largest absolute Gasteiger partial charge is 0.491 e. The van der Waals surface area contributed by atoms with Gasteiger partial charge in [0.25, 0.3) is 0 Å². The Labute approximate surface area is 118 Å². The molecule has 1 saturated heterocycles. The average molecular weight is 277 g/mol. The predicted octanol–water partition coefficient (Wildman–Crippen LogP) is 1.19. The molecule has 1 aromatic rings. The number of hydrogen-bond donors (Lipinski definition) is 1. The van der Waals surface area contributed by atoms with E-state index in [2.05, 4.69) is 0 Å². The molecule has 1 atom stereocenters. The number of rotatable bonds is 5. The highest BCUT2D eigenvalue weighted by Crippen LogP contribution is 2.19. The van der Waals surface area contributed by atoms with E-state index in [9.17, 15) is 14.7 Å². The first-order valence-corrected chi connectivity index (χ1v) is 6.68. The minimum absolute atomic E-state index is 0.00251. The van der Waals surface area contributed by atoms with Gasteiger partial charge in [0.05, 0.1) is 6.54 Å². The fraction of sp³-hybridized carbons (Fsp3) is 0.467. The summed E-state index contributed by atoms with van der Waals surface area (Å²) in [6, 6.07) is 5.83. The molecule has 1 aliphatic heterocycles. The highest BCUT2D eigenvalue weighted by Gasteiger charge is 2.30. The monoisotopic (exact) mass is 277 g/mol. The van der Waals surface area contributed by atoms with Crippen molar-refractivity contribution in [3.8, 4) is 5.75 Å². The lowest BCUT2D eigenvalue weighted by molar-refractivity contribution is -0.140. The molecule has 0 aliphatic carbocycles. The van der Waals surface area contributed by atoms with Crippen LogP contribution < -0.4 is 4.74 Å². The van der Waals surface area contributed by atoms with Gasteiger partial charge in [0, 0.05) is 12.8 Å². The van der Waals surface area contributed by atoms with Gasteiger partial charge in [0.1, 0.15) is 18.5 Å². The molecule has 0 bridgehead atoms. The van der Waals surface area contributed by atoms with Crippen LogP contribution in [0.15, 0.2) is 18.2 Å². The number of carbonyl (C=O) groups excluding carboxylic acids is 2. The summed E-state index contributed by atoms with van der Waals surface area (Å²) in [4.78, 5) is 24.0. The van der Waals surface area contributed by atoms with Crippen LogP contribution in [0.4, 0.5) is 0 Å². The quantitative estimate of drug-likeness (QED) is 0.821. The zero-order valence-electron chi connectivity index (χ0n) is 11.8. The minimum atomic E-state index is -0.874. The van der Waals surface area contributed by atoms with E-state index in [1.54, 1.807) is 0 Å². The first-order chi connectivity index (χ1) is 9.47. The van der Waals surface area contributed by atoms with Crippen molar-refractivity contribution in [3.63, 3.8) is 0 Å². The molecule has 5 heteroatoms. The van der Waals surface area contributed by atoms with Gasteiger partial charge in [-0.15, -0.1) is 0 Å². The number of carbonyl (C=O) groups is 2. The van der Waals surface area contributed by atoms with Crippen molar-refractivity contribution in [2.75, 3.05) is 13.2 Å². The van der Waals surface area contributed by atoms with Crippen molar-refractivity contribution in [1.29, 1.82) is 0 Å². The molecule has 5 nitrogen and oxygen atoms in total. The summed E-state index contributed by atoms with van der Waals surface area (Å²) >= 11 is 0. The molecule has 1 aliphatic rings. The van der Waals surface area contributed by atoms with Gasteiger partial charge >= 0.3 is 0 Å². The van der Waals surface area contributed by atoms with Crippen LogP contribution in [0, 0.1) is 13.8 Å². The van der Waals surface area contributed by atoms with Crippen LogP contribution in [-0.2, 0) is 9.59 Å². The molecule has 108 valence electrons. The van der Waals surface area contributed by atoms with Crippen LogP contribution in [0.25, 0.3) is 0 Å². The van der Waals surface area contributed by atoms with E-state index in [0.29, 0.717) is 5.75 Å². The van der Waals surface area contributed by atoms with Gasteiger partial charge in [0.2, 0.25) is 11.8 Å². The molecule has 1 heterocycles. The Morgan fingerprint density at radius 3 is 2.55 bits per heavy atom. The lowest BCUT2D eigenvalue weighted by atomic mass is 10.1. The number of ether oxygens (including phenoxy) is 1. The number of β-amino-alcohol motifs (C(OH)–C–C–N with tert-alkyl or cyclic N) is 1. The third-order valence-corrected chi connectivity index (χ3v) is 3.32. The van der Waals surface area contributed by atoms with E-state index in [4.69, 9.17) is 4.74 Å². The van der Waals surface area contributed by atoms with Crippen molar-refractivity contribution >= 4 is 11.8 Å². The van der Waals surface area contributed by atoms with Crippen LogP contribution in [0.2, 0.25) is 0 Å². The Bertz CT molecular complexity index is 511. The zero-order valence-corrected chi connectivity index (χ0v) is 11.8. The highest BCUT2D eigenvalue weighted by molar-refractivity contribution is 6.01. The lowest BCUT2D eigenvalue weighted by Gasteiger charge is -2.19. The predicted molar refractivity (Wildman–Crippen MR) is 73.4 cm³/mol. The molecule has 1 fully saturated rings. The highest BCUT2D eigenvalue weighted by atomic mass is 16.5. The van der Waals surface area contributed by atoms with Crippen LogP contribution in [-0.4, -0.2) is 41.1 Å². The molecule has 2 amide bonds. The summed E-state index contributed by atoms with van der Waals surface area (Å²) < 4.78 is 5.56. The number of hydrogen-bond acceptors (Lipinski definition) is 4. The van der Waals surface area contributed by atoms with Crippen molar-refractivity contribution < 1.29 is 19.4 Å². The molecule has 20 heavy (non-hydrogen) atoms. The van der Waals surface area contributed by atoms with Crippen molar-refractivity contribution in [1.82, 2.24) is 4.90 Å². The van der Waals surface area contributed by atoms with Gasteiger partial charge in [-0.25, -0.2) is 0 Å². The van der Waals surface area contributed by atoms with Gasteiger partial charge in [0.15, 0.2) is 0 Å². The van der Waals surface area contributed by atoms with Gasteiger partial charge in [-0.3, -0.25) is 14.5 Å². The molecule has 0 aromatic heterocycles. The Morgan fingerprint density at radius 2 is 1.90 bits per heavy atom. The van der Waals surface area contributed by atoms with Crippen molar-refractivity contribution in [3.05, 3.63) is 29.3 Å². The normalized spacial score (nSPS) is 16.6. The summed E-state index contributed by atoms with van der Waals surface area (Å²) in [5.41, 5.74) is 2.06. The van der Waals surface area contributed by atoms with Gasteiger partial charge in [-0.05, 0) is 31.0 Å². The van der Waals surface area contributed by atoms with E-state index in [-0.39, 0.29) is 37.8 Å². The smallest absolute Gasteiger partial charge is 0.229 e. The van der Waals surface area contributed by atoms with Crippen LogP contribution in [0.3, 0.4) is 0 Å². The van der Waals surface area contributed by atoms with Gasteiger partial charge in [-0.2, -0.15) is 0 Å². The molecule has 0 spiro atoms. The number of imide groups is 1. The topological polar surface area (TPSA) is 66.8 Å². The molecule has 1 aromatic carbocycles. The van der Waals surface area contributed by atoms with Crippen LogP contribution in [0.1, 0.15) is 24.0 Å². The molecule has 0 radical (unpaired) electrons. The first-order valence-electron chi connectivity index (χ1n) is 6.68. The summed E-state index contributed by atoms with van der Waals surface area (Å²) in [6.07, 6.45) is -0.395. The SMILES string of the molecule is Cc1ccc(C)c(OCC(O)CN2C(=O)CCC2=O)c1. The van der Waals surface area contributed by atoms with Crippen molar-refractivity contribution in [2.45, 2.75) is 32.8 Å². The van der Waals surface area contributed by atoms with E-state index >= 15 is 0 Å². The van der Waals surface area contributed by atoms with Crippen LogP contribution >= 0.6 is 0 Å². The molecular formula is C15H19NO4. The van der Waals surface area contributed by atoms with E-state index in [0.717, 1.165) is 16.0 Å². The molecular weight excluding hydrogens is 258 g/mol. The Kier molecular flexibility index (Phi) is 4.39. The number of aliphatic hydroxyl groups excluding tert-OH is 1. The maximum atomic E-state index is 11.4. The van der Waals surface area contributed by atoms with Gasteiger partial charge < -0.3 is 9.84 Å². The summed E-state index contributed by atoms with van der Waals surface area (Å²) in [5, 5.41) is 9.90. The first kappa shape index (κ1) is 14.5. The maximum absolute atomic E-state index is 11.4. The summed E-state index contributed by atoms with van der Waals surface area (Å²) in [6.45, 7) is 3.95. The number of aryl methyl sites for hydroxylation is 2. The standard InChI is InChI=1S/C15H19NO4/c1-10-3-4-11(2)13(7-10)20-9-12(17)8-16-14(18)5-6-15(16)19/h3-4,7,12,17H,5-6,8-9H2,1-2H3. The number of benzene rings is 1. The zero-order chi connectivity index (χ0) is 14.7. The summed E-state index contributed by atoms with van der Waals surface area (Å²) in [7, 11) is 0. The Morgan fingerprint density at radius 1 is 1.25 bits per heavy atom. The number of aliphatic hydroxyl groups is 1. The number of amides is 2. The number of nitrogens with zero attached hydrogens (tertiary/aromatic N) is 1. The van der Waals surface area contributed by atoms with Crippen LogP contribution in [0.5, 0.6) is 5.75 Å². The Balaban J connectivity index is 1.89. The lowest BCUT2D eigenvalue weighted by Crippen LogP contribution is -2.38. The Hall–Kier alpha value is -1.88. The van der Waals surface area contributed by atoms with E-state index < -0.39 is 6.10 Å². The average Bonchev–Trinajstić information content (AvgIpc) is 2.71. The van der Waals surface area contributed by atoms with Crippen molar-refractivity contribution in [2.24, 2.45) is 0 Å². The number of likely N-dealkylation sites (tertiary alicyclic amines) is 1. The fourth-order valence-electron chi connectivity index (χ4n) is 2.14. The molecule has 2 rings (SSSR count). The second-order valence-corrected chi connectivity index (χ2v) is 5.13. The fourth-order valence-corrected chi connectivity index (χ4v) is 2.14. The third-order valence-electron chi connectivity index (χ3n) is 3.32.